The molecule has 1 aromatic heterocycles. The molecule has 0 radical (unpaired) electrons. The minimum absolute atomic E-state index is 0.0651. The Bertz CT molecular complexity index is 786. The molecule has 0 fully saturated rings. The van der Waals surface area contributed by atoms with Crippen molar-refractivity contribution in [2.24, 2.45) is 7.05 Å². The average Bonchev–Trinajstić information content (AvgIpc) is 2.57. The zero-order chi connectivity index (χ0) is 16.4. The van der Waals surface area contributed by atoms with Crippen LogP contribution in [0.25, 0.3) is 0 Å². The van der Waals surface area contributed by atoms with E-state index in [2.05, 4.69) is 4.98 Å². The number of amides is 1. The third-order valence-corrected chi connectivity index (χ3v) is 3.81. The summed E-state index contributed by atoms with van der Waals surface area (Å²) >= 11 is 0. The first-order chi connectivity index (χ1) is 11.0. The van der Waals surface area contributed by atoms with Gasteiger partial charge in [0.1, 0.15) is 11.6 Å². The maximum absolute atomic E-state index is 12.8. The molecule has 2 aromatic rings. The lowest BCUT2D eigenvalue weighted by atomic mass is 10.1. The Morgan fingerprint density at radius 2 is 2.09 bits per heavy atom. The number of fused-ring (bicyclic) bond motifs is 1. The van der Waals surface area contributed by atoms with E-state index in [-0.39, 0.29) is 23.9 Å². The summed E-state index contributed by atoms with van der Waals surface area (Å²) in [4.78, 5) is 30.0. The molecule has 0 unspecified atom stereocenters. The molecule has 7 heteroatoms. The zero-order valence-corrected chi connectivity index (χ0v) is 12.7. The minimum atomic E-state index is -0.357. The quantitative estimate of drug-likeness (QED) is 0.843. The maximum Gasteiger partial charge on any atom is 0.260 e. The predicted molar refractivity (Wildman–Crippen MR) is 80.5 cm³/mol. The molecule has 0 saturated carbocycles. The predicted octanol–water partition coefficient (Wildman–Crippen LogP) is 0.883. The Morgan fingerprint density at radius 1 is 1.35 bits per heavy atom. The van der Waals surface area contributed by atoms with Crippen molar-refractivity contribution < 1.29 is 13.9 Å². The van der Waals surface area contributed by atoms with Gasteiger partial charge in [0, 0.05) is 19.2 Å². The molecule has 1 aliphatic rings. The molecular formula is C16H16FN3O3. The second-order valence-corrected chi connectivity index (χ2v) is 5.39. The van der Waals surface area contributed by atoms with E-state index in [9.17, 15) is 14.0 Å². The van der Waals surface area contributed by atoms with Gasteiger partial charge in [-0.05, 0) is 30.7 Å². The second-order valence-electron chi connectivity index (χ2n) is 5.39. The Morgan fingerprint density at radius 3 is 2.83 bits per heavy atom. The summed E-state index contributed by atoms with van der Waals surface area (Å²) < 4.78 is 19.6. The Labute approximate surface area is 132 Å². The first kappa shape index (κ1) is 15.2. The van der Waals surface area contributed by atoms with Crippen LogP contribution < -0.4 is 10.3 Å². The van der Waals surface area contributed by atoms with Gasteiger partial charge in [0.05, 0.1) is 18.6 Å². The molecule has 0 saturated heterocycles. The maximum atomic E-state index is 12.8. The monoisotopic (exact) mass is 317 g/mol. The molecule has 2 heterocycles. The molecule has 0 aliphatic carbocycles. The van der Waals surface area contributed by atoms with E-state index < -0.39 is 0 Å². The van der Waals surface area contributed by atoms with Crippen molar-refractivity contribution in [2.45, 2.75) is 13.0 Å². The number of hydrogen-bond acceptors (Lipinski definition) is 4. The molecule has 1 aromatic carbocycles. The number of rotatable bonds is 3. The summed E-state index contributed by atoms with van der Waals surface area (Å²) in [5.41, 5.74) is 1.23. The van der Waals surface area contributed by atoms with Gasteiger partial charge in [0.15, 0.2) is 6.61 Å². The minimum Gasteiger partial charge on any atom is -0.484 e. The van der Waals surface area contributed by atoms with E-state index in [4.69, 9.17) is 4.74 Å². The summed E-state index contributed by atoms with van der Waals surface area (Å²) in [6.45, 7) is 0.627. The molecule has 0 spiro atoms. The van der Waals surface area contributed by atoms with Crippen LogP contribution >= 0.6 is 0 Å². The van der Waals surface area contributed by atoms with Crippen molar-refractivity contribution >= 4 is 5.91 Å². The molecule has 0 N–H and O–H groups in total. The van der Waals surface area contributed by atoms with Gasteiger partial charge in [-0.25, -0.2) is 9.37 Å². The van der Waals surface area contributed by atoms with E-state index >= 15 is 0 Å². The van der Waals surface area contributed by atoms with E-state index in [0.29, 0.717) is 36.5 Å². The summed E-state index contributed by atoms with van der Waals surface area (Å²) in [6, 6.07) is 5.49. The number of carbonyl (C=O) groups excluding carboxylic acids is 1. The zero-order valence-electron chi connectivity index (χ0n) is 12.7. The summed E-state index contributed by atoms with van der Waals surface area (Å²) in [5, 5.41) is 0. The lowest BCUT2D eigenvalue weighted by Crippen LogP contribution is -2.41. The third-order valence-electron chi connectivity index (χ3n) is 3.81. The van der Waals surface area contributed by atoms with Crippen LogP contribution in [0.4, 0.5) is 4.39 Å². The van der Waals surface area contributed by atoms with Crippen LogP contribution in [0.15, 0.2) is 35.4 Å². The number of hydrogen-bond donors (Lipinski definition) is 0. The first-order valence-electron chi connectivity index (χ1n) is 7.24. The number of halogens is 1. The largest absolute Gasteiger partial charge is 0.484 e. The topological polar surface area (TPSA) is 64.4 Å². The summed E-state index contributed by atoms with van der Waals surface area (Å²) in [5.74, 6) is -0.115. The Hall–Kier alpha value is -2.70. The van der Waals surface area contributed by atoms with Crippen LogP contribution in [0, 0.1) is 5.82 Å². The fraction of sp³-hybridized carbons (Fsp3) is 0.312. The second kappa shape index (κ2) is 6.20. The molecule has 0 atom stereocenters. The van der Waals surface area contributed by atoms with Gasteiger partial charge in [-0.1, -0.05) is 0 Å². The molecule has 120 valence electrons. The van der Waals surface area contributed by atoms with Gasteiger partial charge < -0.3 is 14.2 Å². The summed E-state index contributed by atoms with van der Waals surface area (Å²) in [6.07, 6.45) is 1.95. The number of carbonyl (C=O) groups is 1. The number of benzene rings is 1. The number of nitrogens with zero attached hydrogens (tertiary/aromatic N) is 3. The van der Waals surface area contributed by atoms with E-state index in [1.54, 1.807) is 11.9 Å². The van der Waals surface area contributed by atoms with Crippen molar-refractivity contribution in [3.05, 3.63) is 58.0 Å². The van der Waals surface area contributed by atoms with Gasteiger partial charge in [-0.3, -0.25) is 9.59 Å². The normalized spacial score (nSPS) is 13.6. The van der Waals surface area contributed by atoms with Crippen molar-refractivity contribution in [1.29, 1.82) is 0 Å². The Kier molecular flexibility index (Phi) is 4.10. The fourth-order valence-electron chi connectivity index (χ4n) is 2.50. The van der Waals surface area contributed by atoms with E-state index in [1.807, 2.05) is 0 Å². The van der Waals surface area contributed by atoms with Crippen LogP contribution in [0.5, 0.6) is 5.75 Å². The summed E-state index contributed by atoms with van der Waals surface area (Å²) in [7, 11) is 1.66. The van der Waals surface area contributed by atoms with Gasteiger partial charge >= 0.3 is 0 Å². The number of aromatic nitrogens is 2. The van der Waals surface area contributed by atoms with Gasteiger partial charge in [-0.2, -0.15) is 0 Å². The highest BCUT2D eigenvalue weighted by molar-refractivity contribution is 5.78. The standard InChI is InChI=1S/C16H16FN3O3/c1-19-10-18-14-8-20(7-6-13(14)16(19)22)15(21)9-23-12-4-2-11(17)3-5-12/h2-5,10H,6-9H2,1H3. The number of ether oxygens (including phenoxy) is 1. The van der Waals surface area contributed by atoms with Crippen LogP contribution in [0.1, 0.15) is 11.3 Å². The van der Waals surface area contributed by atoms with E-state index in [1.165, 1.54) is 35.2 Å². The van der Waals surface area contributed by atoms with E-state index in [0.717, 1.165) is 0 Å². The lowest BCUT2D eigenvalue weighted by Gasteiger charge is -2.27. The molecular weight excluding hydrogens is 301 g/mol. The first-order valence-corrected chi connectivity index (χ1v) is 7.24. The molecule has 0 bridgehead atoms. The van der Waals surface area contributed by atoms with Gasteiger partial charge in [0.2, 0.25) is 0 Å². The number of aryl methyl sites for hydroxylation is 1. The lowest BCUT2D eigenvalue weighted by molar-refractivity contribution is -0.134. The van der Waals surface area contributed by atoms with Crippen LogP contribution in [0.3, 0.4) is 0 Å². The van der Waals surface area contributed by atoms with Crippen molar-refractivity contribution in [3.63, 3.8) is 0 Å². The molecule has 6 nitrogen and oxygen atoms in total. The van der Waals surface area contributed by atoms with Crippen LogP contribution in [-0.4, -0.2) is 33.5 Å². The smallest absolute Gasteiger partial charge is 0.260 e. The highest BCUT2D eigenvalue weighted by Crippen LogP contribution is 2.15. The van der Waals surface area contributed by atoms with Gasteiger partial charge in [0.25, 0.3) is 11.5 Å². The van der Waals surface area contributed by atoms with Gasteiger partial charge in [-0.15, -0.1) is 0 Å². The molecule has 1 aliphatic heterocycles. The van der Waals surface area contributed by atoms with Crippen LogP contribution in [0.2, 0.25) is 0 Å². The Balaban J connectivity index is 1.64. The average molecular weight is 317 g/mol. The van der Waals surface area contributed by atoms with Crippen molar-refractivity contribution in [2.75, 3.05) is 13.2 Å². The highest BCUT2D eigenvalue weighted by atomic mass is 19.1. The molecule has 3 rings (SSSR count). The molecule has 1 amide bonds. The SMILES string of the molecule is Cn1cnc2c(c1=O)CCN(C(=O)COc1ccc(F)cc1)C2. The van der Waals surface area contributed by atoms with Crippen molar-refractivity contribution in [3.8, 4) is 5.75 Å². The highest BCUT2D eigenvalue weighted by Gasteiger charge is 2.24. The third kappa shape index (κ3) is 3.23. The van der Waals surface area contributed by atoms with Crippen molar-refractivity contribution in [1.82, 2.24) is 14.5 Å². The fourth-order valence-corrected chi connectivity index (χ4v) is 2.50. The molecule has 23 heavy (non-hydrogen) atoms. The van der Waals surface area contributed by atoms with Crippen LogP contribution in [-0.2, 0) is 24.8 Å².